The van der Waals surface area contributed by atoms with Crippen molar-refractivity contribution >= 4 is 29.1 Å². The number of hydrogen-bond acceptors (Lipinski definition) is 7. The van der Waals surface area contributed by atoms with Gasteiger partial charge in [-0.05, 0) is 78.3 Å². The van der Waals surface area contributed by atoms with Crippen LogP contribution in [0.5, 0.6) is 0 Å². The molecule has 0 saturated carbocycles. The van der Waals surface area contributed by atoms with Crippen LogP contribution >= 0.6 is 23.2 Å². The van der Waals surface area contributed by atoms with E-state index < -0.39 is 40.7 Å². The van der Waals surface area contributed by atoms with E-state index in [0.29, 0.717) is 57.4 Å². The Morgan fingerprint density at radius 1 is 0.661 bits per heavy atom. The summed E-state index contributed by atoms with van der Waals surface area (Å²) in [4.78, 5) is 18.1. The van der Waals surface area contributed by atoms with Crippen molar-refractivity contribution in [3.63, 3.8) is 0 Å². The SMILES string of the molecule is O=C(CN(N1CCC(O)(c2ccccc2)CC1)N1CCC(O)(c2ccccc2)CC1)N1CCN(Cc2cc(C(F)(F)F)cc(C(F)(F)F)c2)CC1c1ccc(Cl)c(Cl)c1. The summed E-state index contributed by atoms with van der Waals surface area (Å²) in [5.41, 5.74) is -2.83. The first-order chi connectivity index (χ1) is 27.9. The first kappa shape index (κ1) is 43.4. The summed E-state index contributed by atoms with van der Waals surface area (Å²) in [6.45, 7) is 1.76. The number of carbonyl (C=O) groups excluding carboxylic acids is 1. The lowest BCUT2D eigenvalue weighted by molar-refractivity contribution is -0.228. The highest BCUT2D eigenvalue weighted by molar-refractivity contribution is 6.42. The molecule has 0 aromatic heterocycles. The van der Waals surface area contributed by atoms with Crippen LogP contribution < -0.4 is 0 Å². The molecular formula is C43H45Cl2F6N5O3. The Bertz CT molecular complexity index is 1980. The van der Waals surface area contributed by atoms with Crippen molar-refractivity contribution in [1.29, 1.82) is 0 Å². The van der Waals surface area contributed by atoms with E-state index in [2.05, 4.69) is 10.0 Å². The van der Waals surface area contributed by atoms with Gasteiger partial charge in [-0.1, -0.05) is 89.9 Å². The van der Waals surface area contributed by atoms with E-state index in [1.165, 1.54) is 0 Å². The number of benzene rings is 4. The fraction of sp³-hybridized carbons (Fsp3) is 0.419. The normalized spacial score (nSPS) is 20.9. The summed E-state index contributed by atoms with van der Waals surface area (Å²) in [7, 11) is 0. The predicted octanol–water partition coefficient (Wildman–Crippen LogP) is 8.52. The number of amides is 1. The zero-order valence-corrected chi connectivity index (χ0v) is 33.6. The van der Waals surface area contributed by atoms with Crippen LogP contribution in [0.4, 0.5) is 26.3 Å². The lowest BCUT2D eigenvalue weighted by Gasteiger charge is -2.50. The van der Waals surface area contributed by atoms with E-state index in [1.807, 2.05) is 65.8 Å². The Balaban J connectivity index is 1.14. The molecule has 7 rings (SSSR count). The fourth-order valence-corrected chi connectivity index (χ4v) is 8.82. The molecule has 3 fully saturated rings. The molecule has 1 atom stereocenters. The van der Waals surface area contributed by atoms with Gasteiger partial charge >= 0.3 is 12.4 Å². The smallest absolute Gasteiger partial charge is 0.385 e. The number of alkyl halides is 6. The maximum atomic E-state index is 14.7. The average molecular weight is 865 g/mol. The fourth-order valence-electron chi connectivity index (χ4n) is 8.51. The molecule has 3 saturated heterocycles. The molecule has 316 valence electrons. The summed E-state index contributed by atoms with van der Waals surface area (Å²) in [5, 5.41) is 29.9. The van der Waals surface area contributed by atoms with Gasteiger partial charge in [-0.15, -0.1) is 0 Å². The minimum absolute atomic E-state index is 0.0863. The summed E-state index contributed by atoms with van der Waals surface area (Å²) >= 11 is 12.7. The number of nitrogens with zero attached hydrogens (tertiary/aromatic N) is 5. The van der Waals surface area contributed by atoms with E-state index in [0.717, 1.165) is 23.3 Å². The summed E-state index contributed by atoms with van der Waals surface area (Å²) in [6, 6.07) is 24.7. The van der Waals surface area contributed by atoms with Crippen LogP contribution in [0, 0.1) is 0 Å². The lowest BCUT2D eigenvalue weighted by atomic mass is 9.84. The van der Waals surface area contributed by atoms with Crippen LogP contribution in [0.3, 0.4) is 0 Å². The molecule has 0 radical (unpaired) electrons. The van der Waals surface area contributed by atoms with Gasteiger partial charge in [0.25, 0.3) is 0 Å². The summed E-state index contributed by atoms with van der Waals surface area (Å²) < 4.78 is 82.4. The zero-order chi connectivity index (χ0) is 42.2. The predicted molar refractivity (Wildman–Crippen MR) is 212 cm³/mol. The lowest BCUT2D eigenvalue weighted by Crippen LogP contribution is -2.63. The largest absolute Gasteiger partial charge is 0.416 e. The maximum absolute atomic E-state index is 14.7. The van der Waals surface area contributed by atoms with E-state index in [1.54, 1.807) is 28.0 Å². The number of carbonyl (C=O) groups is 1. The Morgan fingerprint density at radius 3 is 1.61 bits per heavy atom. The first-order valence-electron chi connectivity index (χ1n) is 19.5. The van der Waals surface area contributed by atoms with Gasteiger partial charge in [0.15, 0.2) is 0 Å². The van der Waals surface area contributed by atoms with Crippen LogP contribution in [0.1, 0.15) is 65.1 Å². The van der Waals surface area contributed by atoms with E-state index in [9.17, 15) is 41.4 Å². The molecule has 3 aliphatic heterocycles. The standard InChI is InChI=1S/C43H45Cl2F6N5O3/c44-36-12-11-31(25-37(36)45)38-28-52(27-30-23-34(42(46,47)48)26-35(24-30)43(49,50)51)21-22-55(38)39(57)29-56(53-17-13-40(58,14-18-53)32-7-3-1-4-8-32)54-19-15-41(59,16-20-54)33-9-5-2-6-10-33/h1-12,23-26,38,58-59H,13-22,27-29H2. The second kappa shape index (κ2) is 17.3. The van der Waals surface area contributed by atoms with Crippen molar-refractivity contribution in [1.82, 2.24) is 24.9 Å². The monoisotopic (exact) mass is 863 g/mol. The van der Waals surface area contributed by atoms with Gasteiger partial charge < -0.3 is 15.1 Å². The molecule has 8 nitrogen and oxygen atoms in total. The van der Waals surface area contributed by atoms with Gasteiger partial charge in [0, 0.05) is 52.4 Å². The Morgan fingerprint density at radius 2 is 1.15 bits per heavy atom. The molecule has 4 aromatic carbocycles. The molecule has 59 heavy (non-hydrogen) atoms. The highest BCUT2D eigenvalue weighted by Gasteiger charge is 2.43. The molecule has 0 bridgehead atoms. The molecule has 1 amide bonds. The Labute approximate surface area is 349 Å². The second-order valence-electron chi connectivity index (χ2n) is 15.7. The Kier molecular flexibility index (Phi) is 12.7. The van der Waals surface area contributed by atoms with Gasteiger partial charge in [0.05, 0.1) is 38.4 Å². The number of piperazine rings is 1. The number of hydrazine groups is 2. The highest BCUT2D eigenvalue weighted by Crippen LogP contribution is 2.39. The van der Waals surface area contributed by atoms with Crippen LogP contribution in [0.15, 0.2) is 97.1 Å². The summed E-state index contributed by atoms with van der Waals surface area (Å²) in [5.74, 6) is -0.271. The van der Waals surface area contributed by atoms with Crippen LogP contribution in [0.25, 0.3) is 0 Å². The van der Waals surface area contributed by atoms with Crippen molar-refractivity contribution in [3.05, 3.63) is 140 Å². The molecule has 0 aliphatic carbocycles. The van der Waals surface area contributed by atoms with E-state index in [-0.39, 0.29) is 60.3 Å². The van der Waals surface area contributed by atoms with Gasteiger partial charge in [-0.2, -0.15) is 31.5 Å². The minimum Gasteiger partial charge on any atom is -0.385 e. The van der Waals surface area contributed by atoms with Crippen LogP contribution in [-0.2, 0) is 34.9 Å². The third kappa shape index (κ3) is 9.92. The molecular weight excluding hydrogens is 819 g/mol. The van der Waals surface area contributed by atoms with Gasteiger partial charge in [0.1, 0.15) is 6.54 Å². The molecule has 3 heterocycles. The van der Waals surface area contributed by atoms with Gasteiger partial charge in [-0.3, -0.25) is 9.69 Å². The molecule has 0 spiro atoms. The highest BCUT2D eigenvalue weighted by atomic mass is 35.5. The molecule has 16 heteroatoms. The van der Waals surface area contributed by atoms with Crippen LogP contribution in [-0.4, -0.2) is 93.4 Å². The third-order valence-corrected chi connectivity index (χ3v) is 12.6. The van der Waals surface area contributed by atoms with Gasteiger partial charge in [-0.25, -0.2) is 10.0 Å². The number of piperidine rings is 2. The van der Waals surface area contributed by atoms with Crippen LogP contribution in [0.2, 0.25) is 10.0 Å². The minimum atomic E-state index is -4.99. The van der Waals surface area contributed by atoms with Crippen molar-refractivity contribution < 1.29 is 41.4 Å². The number of rotatable bonds is 9. The maximum Gasteiger partial charge on any atom is 0.416 e. The molecule has 3 aliphatic rings. The number of hydrogen-bond donors (Lipinski definition) is 2. The topological polar surface area (TPSA) is 73.7 Å². The summed E-state index contributed by atoms with van der Waals surface area (Å²) in [6.07, 6.45) is -8.36. The molecule has 2 N–H and O–H groups in total. The zero-order valence-electron chi connectivity index (χ0n) is 32.1. The van der Waals surface area contributed by atoms with Gasteiger partial charge in [0.2, 0.25) is 5.91 Å². The number of halogens is 8. The quantitative estimate of drug-likeness (QED) is 0.164. The Hall–Kier alpha value is -3.73. The average Bonchev–Trinajstić information content (AvgIpc) is 3.21. The first-order valence-corrected chi connectivity index (χ1v) is 20.3. The van der Waals surface area contributed by atoms with Crippen molar-refractivity contribution in [3.8, 4) is 0 Å². The molecule has 1 unspecified atom stereocenters. The van der Waals surface area contributed by atoms with Crippen molar-refractivity contribution in [2.75, 3.05) is 52.4 Å². The van der Waals surface area contributed by atoms with Crippen molar-refractivity contribution in [2.24, 2.45) is 0 Å². The third-order valence-electron chi connectivity index (χ3n) is 11.9. The van der Waals surface area contributed by atoms with Crippen molar-refractivity contribution in [2.45, 2.75) is 61.8 Å². The van der Waals surface area contributed by atoms with E-state index in [4.69, 9.17) is 23.2 Å². The second-order valence-corrected chi connectivity index (χ2v) is 16.5. The number of aliphatic hydroxyl groups is 2. The molecule has 4 aromatic rings. The van der Waals surface area contributed by atoms with E-state index >= 15 is 0 Å².